The van der Waals surface area contributed by atoms with E-state index in [4.69, 9.17) is 14.6 Å². The van der Waals surface area contributed by atoms with Crippen LogP contribution in [0.2, 0.25) is 0 Å². The normalized spacial score (nSPS) is 18.5. The predicted octanol–water partition coefficient (Wildman–Crippen LogP) is 5.01. The highest BCUT2D eigenvalue weighted by atomic mass is 19.4. The minimum absolute atomic E-state index is 0.0332. The van der Waals surface area contributed by atoms with Crippen LogP contribution in [-0.4, -0.2) is 30.9 Å². The van der Waals surface area contributed by atoms with Gasteiger partial charge >= 0.3 is 12.1 Å². The van der Waals surface area contributed by atoms with Gasteiger partial charge in [0.05, 0.1) is 18.8 Å². The van der Waals surface area contributed by atoms with Gasteiger partial charge in [-0.2, -0.15) is 13.2 Å². The van der Waals surface area contributed by atoms with E-state index in [9.17, 15) is 18.0 Å². The van der Waals surface area contributed by atoms with Gasteiger partial charge in [-0.15, -0.1) is 0 Å². The van der Waals surface area contributed by atoms with Crippen molar-refractivity contribution in [2.24, 2.45) is 5.92 Å². The van der Waals surface area contributed by atoms with Crippen LogP contribution in [0.1, 0.15) is 49.7 Å². The Hall–Kier alpha value is -2.02. The molecule has 1 aromatic carbocycles. The van der Waals surface area contributed by atoms with Gasteiger partial charge in [-0.3, -0.25) is 4.79 Å². The van der Waals surface area contributed by atoms with E-state index in [1.165, 1.54) is 30.5 Å². The van der Waals surface area contributed by atoms with Crippen LogP contribution in [0, 0.1) is 5.92 Å². The average molecular weight is 398 g/mol. The average Bonchev–Trinajstić information content (AvgIpc) is 3.19. The largest absolute Gasteiger partial charge is 0.489 e. The lowest BCUT2D eigenvalue weighted by Crippen LogP contribution is -2.20. The van der Waals surface area contributed by atoms with Gasteiger partial charge < -0.3 is 14.6 Å². The summed E-state index contributed by atoms with van der Waals surface area (Å²) >= 11 is 0. The molecule has 2 aliphatic rings. The number of aryl methyl sites for hydroxylation is 1. The molecular weight excluding hydrogens is 373 g/mol. The van der Waals surface area contributed by atoms with Crippen molar-refractivity contribution in [1.29, 1.82) is 0 Å². The van der Waals surface area contributed by atoms with Crippen LogP contribution in [0.4, 0.5) is 13.2 Å². The standard InChI is InChI=1S/C21H25F3O4/c22-21(23,24)19-11-17(7-5-15(19)6-8-20(25)26)28-13-16-12-27-10-9-18(16)14-3-1-2-4-14/h5,7,11,14H,1-4,6,8-10,12-13H2,(H,25,26). The highest BCUT2D eigenvalue weighted by Crippen LogP contribution is 2.37. The molecule has 1 aliphatic carbocycles. The van der Waals surface area contributed by atoms with Crippen LogP contribution >= 0.6 is 0 Å². The maximum Gasteiger partial charge on any atom is 0.416 e. The summed E-state index contributed by atoms with van der Waals surface area (Å²) in [5, 5.41) is 8.74. The highest BCUT2D eigenvalue weighted by Gasteiger charge is 2.34. The van der Waals surface area contributed by atoms with Gasteiger partial charge in [0, 0.05) is 6.42 Å². The van der Waals surface area contributed by atoms with E-state index in [1.807, 2.05) is 0 Å². The molecule has 154 valence electrons. The van der Waals surface area contributed by atoms with Crippen molar-refractivity contribution in [2.45, 2.75) is 51.1 Å². The first-order valence-corrected chi connectivity index (χ1v) is 9.68. The van der Waals surface area contributed by atoms with Gasteiger partial charge in [0.15, 0.2) is 0 Å². The second-order valence-electron chi connectivity index (χ2n) is 7.41. The zero-order valence-electron chi connectivity index (χ0n) is 15.7. The van der Waals surface area contributed by atoms with Crippen LogP contribution < -0.4 is 4.74 Å². The summed E-state index contributed by atoms with van der Waals surface area (Å²) in [4.78, 5) is 10.7. The summed E-state index contributed by atoms with van der Waals surface area (Å²) in [7, 11) is 0. The molecule has 1 fully saturated rings. The number of alkyl halides is 3. The SMILES string of the molecule is O=C(O)CCc1ccc(OCC2=C(C3CCCC3)CCOC2)cc1C(F)(F)F. The van der Waals surface area contributed by atoms with Crippen LogP contribution in [-0.2, 0) is 22.1 Å². The number of hydrogen-bond donors (Lipinski definition) is 1. The third-order valence-electron chi connectivity index (χ3n) is 5.50. The second kappa shape index (κ2) is 8.99. The lowest BCUT2D eigenvalue weighted by atomic mass is 9.89. The van der Waals surface area contributed by atoms with Crippen molar-refractivity contribution in [3.05, 3.63) is 40.5 Å². The molecule has 4 nitrogen and oxygen atoms in total. The van der Waals surface area contributed by atoms with Crippen molar-refractivity contribution < 1.29 is 32.5 Å². The number of rotatable bonds is 7. The molecule has 1 aromatic rings. The molecule has 0 atom stereocenters. The Balaban J connectivity index is 1.75. The first kappa shape index (κ1) is 20.7. The first-order valence-electron chi connectivity index (χ1n) is 9.68. The maximum absolute atomic E-state index is 13.4. The molecule has 7 heteroatoms. The molecule has 1 aliphatic heterocycles. The van der Waals surface area contributed by atoms with Crippen molar-refractivity contribution in [3.8, 4) is 5.75 Å². The Labute approximate surface area is 162 Å². The van der Waals surface area contributed by atoms with E-state index in [0.717, 1.165) is 30.9 Å². The quantitative estimate of drug-likeness (QED) is 0.656. The third kappa shape index (κ3) is 5.28. The number of carbonyl (C=O) groups is 1. The van der Waals surface area contributed by atoms with Gasteiger partial charge in [-0.1, -0.05) is 24.5 Å². The van der Waals surface area contributed by atoms with Gasteiger partial charge in [0.25, 0.3) is 0 Å². The Kier molecular flexibility index (Phi) is 6.65. The van der Waals surface area contributed by atoms with E-state index in [-0.39, 0.29) is 30.8 Å². The molecular formula is C21H25F3O4. The van der Waals surface area contributed by atoms with E-state index >= 15 is 0 Å². The lowest BCUT2D eigenvalue weighted by molar-refractivity contribution is -0.140. The van der Waals surface area contributed by atoms with Crippen molar-refractivity contribution in [1.82, 2.24) is 0 Å². The molecule has 0 aromatic heterocycles. The summed E-state index contributed by atoms with van der Waals surface area (Å²) in [6.07, 6.45) is 0.546. The van der Waals surface area contributed by atoms with Crippen molar-refractivity contribution in [3.63, 3.8) is 0 Å². The van der Waals surface area contributed by atoms with Gasteiger partial charge in [-0.05, 0) is 54.9 Å². The van der Waals surface area contributed by atoms with Crippen molar-refractivity contribution in [2.75, 3.05) is 19.8 Å². The summed E-state index contributed by atoms with van der Waals surface area (Å²) in [6.45, 7) is 1.37. The number of hydrogen-bond acceptors (Lipinski definition) is 3. The zero-order chi connectivity index (χ0) is 20.1. The minimum atomic E-state index is -4.56. The van der Waals surface area contributed by atoms with E-state index in [0.29, 0.717) is 19.1 Å². The summed E-state index contributed by atoms with van der Waals surface area (Å²) < 4.78 is 51.4. The summed E-state index contributed by atoms with van der Waals surface area (Å²) in [5.41, 5.74) is 1.53. The predicted molar refractivity (Wildman–Crippen MR) is 97.3 cm³/mol. The molecule has 1 saturated carbocycles. The fraction of sp³-hybridized carbons (Fsp3) is 0.571. The molecule has 1 N–H and O–H groups in total. The fourth-order valence-electron chi connectivity index (χ4n) is 4.09. The van der Waals surface area contributed by atoms with Crippen molar-refractivity contribution >= 4 is 5.97 Å². The molecule has 0 radical (unpaired) electrons. The van der Waals surface area contributed by atoms with Crippen LogP contribution in [0.3, 0.4) is 0 Å². The monoisotopic (exact) mass is 398 g/mol. The Morgan fingerprint density at radius 1 is 1.25 bits per heavy atom. The molecule has 0 bridgehead atoms. The molecule has 0 spiro atoms. The number of ether oxygens (including phenoxy) is 2. The Morgan fingerprint density at radius 2 is 2.00 bits per heavy atom. The minimum Gasteiger partial charge on any atom is -0.489 e. The van der Waals surface area contributed by atoms with Gasteiger partial charge in [0.2, 0.25) is 0 Å². The first-order chi connectivity index (χ1) is 13.3. The number of halogens is 3. The highest BCUT2D eigenvalue weighted by molar-refractivity contribution is 5.67. The number of carboxylic acids is 1. The van der Waals surface area contributed by atoms with E-state index < -0.39 is 17.7 Å². The number of benzene rings is 1. The number of carboxylic acid groups (broad SMARTS) is 1. The number of aliphatic carboxylic acids is 1. The van der Waals surface area contributed by atoms with E-state index in [2.05, 4.69) is 0 Å². The fourth-order valence-corrected chi connectivity index (χ4v) is 4.09. The second-order valence-corrected chi connectivity index (χ2v) is 7.41. The molecule has 0 amide bonds. The summed E-state index contributed by atoms with van der Waals surface area (Å²) in [6, 6.07) is 3.76. The van der Waals surface area contributed by atoms with E-state index in [1.54, 1.807) is 0 Å². The molecule has 0 unspecified atom stereocenters. The summed E-state index contributed by atoms with van der Waals surface area (Å²) in [5.74, 6) is -0.445. The zero-order valence-corrected chi connectivity index (χ0v) is 15.7. The molecule has 1 heterocycles. The maximum atomic E-state index is 13.4. The smallest absolute Gasteiger partial charge is 0.416 e. The van der Waals surface area contributed by atoms with Gasteiger partial charge in [-0.25, -0.2) is 0 Å². The van der Waals surface area contributed by atoms with Crippen LogP contribution in [0.5, 0.6) is 5.75 Å². The Bertz CT molecular complexity index is 734. The topological polar surface area (TPSA) is 55.8 Å². The van der Waals surface area contributed by atoms with Gasteiger partial charge in [0.1, 0.15) is 12.4 Å². The molecule has 0 saturated heterocycles. The van der Waals surface area contributed by atoms with Crippen LogP contribution in [0.15, 0.2) is 29.3 Å². The molecule has 28 heavy (non-hydrogen) atoms. The third-order valence-corrected chi connectivity index (χ3v) is 5.50. The lowest BCUT2D eigenvalue weighted by Gasteiger charge is -2.25. The Morgan fingerprint density at radius 3 is 2.68 bits per heavy atom. The van der Waals surface area contributed by atoms with Crippen LogP contribution in [0.25, 0.3) is 0 Å². The molecule has 3 rings (SSSR count).